The molecule has 0 radical (unpaired) electrons. The summed E-state index contributed by atoms with van der Waals surface area (Å²) < 4.78 is 10.5. The molecule has 94 valence electrons. The fraction of sp³-hybridized carbons (Fsp3) is 0.167. The number of primary amides is 1. The van der Waals surface area contributed by atoms with Crippen molar-refractivity contribution in [2.24, 2.45) is 10.8 Å². The molecule has 3 N–H and O–H groups in total. The minimum Gasteiger partial charge on any atom is -0.454 e. The van der Waals surface area contributed by atoms with E-state index in [1.54, 1.807) is 13.0 Å². The van der Waals surface area contributed by atoms with Crippen LogP contribution in [0.1, 0.15) is 12.5 Å². The third-order valence-corrected chi connectivity index (χ3v) is 2.26. The van der Waals surface area contributed by atoms with Crippen molar-refractivity contribution in [3.05, 3.63) is 29.8 Å². The Morgan fingerprint density at radius 2 is 2.22 bits per heavy atom. The number of urea groups is 1. The predicted molar refractivity (Wildman–Crippen MR) is 67.4 cm³/mol. The van der Waals surface area contributed by atoms with E-state index in [9.17, 15) is 4.79 Å². The van der Waals surface area contributed by atoms with Crippen molar-refractivity contribution < 1.29 is 14.3 Å². The highest BCUT2D eigenvalue weighted by Crippen LogP contribution is 2.32. The number of hydrogen-bond donors (Lipinski definition) is 2. The lowest BCUT2D eigenvalue weighted by Crippen LogP contribution is -2.25. The molecule has 0 aliphatic carbocycles. The maximum Gasteiger partial charge on any atom is 0.332 e. The molecule has 6 nitrogen and oxygen atoms in total. The summed E-state index contributed by atoms with van der Waals surface area (Å²) in [5, 5.41) is 3.76. The Labute approximate surface area is 104 Å². The molecular weight excluding hydrogens is 234 g/mol. The van der Waals surface area contributed by atoms with Gasteiger partial charge in [0.05, 0.1) is 5.71 Å². The van der Waals surface area contributed by atoms with Gasteiger partial charge in [0.25, 0.3) is 0 Å². The molecule has 0 unspecified atom stereocenters. The minimum absolute atomic E-state index is 0.255. The Morgan fingerprint density at radius 1 is 1.44 bits per heavy atom. The van der Waals surface area contributed by atoms with Crippen LogP contribution in [0.5, 0.6) is 11.5 Å². The molecule has 1 aromatic rings. The summed E-state index contributed by atoms with van der Waals surface area (Å²) in [5.41, 5.74) is 8.63. The summed E-state index contributed by atoms with van der Waals surface area (Å²) in [4.78, 5) is 10.5. The highest BCUT2D eigenvalue weighted by Gasteiger charge is 2.11. The van der Waals surface area contributed by atoms with Gasteiger partial charge in [0.15, 0.2) is 11.5 Å². The summed E-state index contributed by atoms with van der Waals surface area (Å²) >= 11 is 0. The molecule has 0 saturated carbocycles. The van der Waals surface area contributed by atoms with Crippen LogP contribution < -0.4 is 20.6 Å². The number of allylic oxidation sites excluding steroid dienone is 1. The van der Waals surface area contributed by atoms with Crippen molar-refractivity contribution in [1.29, 1.82) is 0 Å². The van der Waals surface area contributed by atoms with E-state index in [1.165, 1.54) is 0 Å². The molecule has 6 heteroatoms. The number of carbonyl (C=O) groups excluding carboxylic acids is 1. The number of nitrogens with one attached hydrogen (secondary N) is 1. The molecule has 1 aliphatic heterocycles. The lowest BCUT2D eigenvalue weighted by molar-refractivity contribution is 0.174. The highest BCUT2D eigenvalue weighted by molar-refractivity contribution is 5.96. The number of ether oxygens (including phenoxy) is 2. The first kappa shape index (κ1) is 12.0. The first-order valence-corrected chi connectivity index (χ1v) is 5.32. The van der Waals surface area contributed by atoms with Crippen LogP contribution in [0.25, 0.3) is 6.08 Å². The molecule has 0 saturated heterocycles. The number of nitrogens with two attached hydrogens (primary N) is 1. The van der Waals surface area contributed by atoms with Gasteiger partial charge in [0.2, 0.25) is 6.79 Å². The summed E-state index contributed by atoms with van der Waals surface area (Å²) in [6.07, 6.45) is 3.61. The monoisotopic (exact) mass is 247 g/mol. The zero-order valence-corrected chi connectivity index (χ0v) is 9.84. The average molecular weight is 247 g/mol. The standard InChI is InChI=1S/C12H13N3O3/c1-8(14-15-12(13)16)2-3-9-4-5-10-11(6-9)18-7-17-10/h2-6H,7H2,1H3,(H3,13,15,16)/b3-2+,14-8+. The van der Waals surface area contributed by atoms with Crippen molar-refractivity contribution in [3.8, 4) is 11.5 Å². The van der Waals surface area contributed by atoms with Gasteiger partial charge >= 0.3 is 6.03 Å². The van der Waals surface area contributed by atoms with Crippen LogP contribution in [0.3, 0.4) is 0 Å². The maximum atomic E-state index is 10.5. The van der Waals surface area contributed by atoms with Crippen molar-refractivity contribution in [1.82, 2.24) is 5.43 Å². The molecule has 0 spiro atoms. The summed E-state index contributed by atoms with van der Waals surface area (Å²) in [7, 11) is 0. The van der Waals surface area contributed by atoms with E-state index in [-0.39, 0.29) is 6.79 Å². The van der Waals surface area contributed by atoms with E-state index in [4.69, 9.17) is 15.2 Å². The molecule has 18 heavy (non-hydrogen) atoms. The molecule has 0 aromatic heterocycles. The van der Waals surface area contributed by atoms with Gasteiger partial charge in [-0.3, -0.25) is 0 Å². The van der Waals surface area contributed by atoms with Gasteiger partial charge in [0, 0.05) is 0 Å². The number of amides is 2. The van der Waals surface area contributed by atoms with Gasteiger partial charge in [-0.1, -0.05) is 12.1 Å². The van der Waals surface area contributed by atoms with Crippen molar-refractivity contribution >= 4 is 17.8 Å². The molecule has 1 aliphatic rings. The normalized spacial score (nSPS) is 13.9. The van der Waals surface area contributed by atoms with E-state index in [0.717, 1.165) is 17.1 Å². The second-order valence-corrected chi connectivity index (χ2v) is 3.68. The smallest absolute Gasteiger partial charge is 0.332 e. The zero-order chi connectivity index (χ0) is 13.0. The number of carbonyl (C=O) groups is 1. The van der Waals surface area contributed by atoms with Crippen LogP contribution in [0.15, 0.2) is 29.4 Å². The Morgan fingerprint density at radius 3 is 3.00 bits per heavy atom. The Bertz CT molecular complexity index is 523. The second kappa shape index (κ2) is 5.22. The quantitative estimate of drug-likeness (QED) is 0.626. The van der Waals surface area contributed by atoms with Gasteiger partial charge in [0.1, 0.15) is 0 Å². The fourth-order valence-corrected chi connectivity index (χ4v) is 1.41. The largest absolute Gasteiger partial charge is 0.454 e. The lowest BCUT2D eigenvalue weighted by atomic mass is 10.2. The number of hydrogen-bond acceptors (Lipinski definition) is 4. The summed E-state index contributed by atoms with van der Waals surface area (Å²) in [6.45, 7) is 2.00. The molecule has 1 aromatic carbocycles. The Balaban J connectivity index is 2.05. The molecule has 2 rings (SSSR count). The topological polar surface area (TPSA) is 85.9 Å². The SMILES string of the molecule is CC(/C=C/c1ccc2c(c1)OCO2)=N\NC(N)=O. The van der Waals surface area contributed by atoms with E-state index < -0.39 is 6.03 Å². The highest BCUT2D eigenvalue weighted by atomic mass is 16.7. The van der Waals surface area contributed by atoms with Gasteiger partial charge < -0.3 is 15.2 Å². The molecule has 0 bridgehead atoms. The molecule has 2 amide bonds. The third kappa shape index (κ3) is 3.00. The Kier molecular flexibility index (Phi) is 3.47. The van der Waals surface area contributed by atoms with E-state index in [1.807, 2.05) is 24.3 Å². The summed E-state index contributed by atoms with van der Waals surface area (Å²) in [5.74, 6) is 1.47. The summed E-state index contributed by atoms with van der Waals surface area (Å²) in [6, 6.07) is 4.92. The number of fused-ring (bicyclic) bond motifs is 1. The van der Waals surface area contributed by atoms with Crippen LogP contribution in [0.4, 0.5) is 4.79 Å². The number of nitrogens with zero attached hydrogens (tertiary/aromatic N) is 1. The van der Waals surface area contributed by atoms with Crippen molar-refractivity contribution in [2.75, 3.05) is 6.79 Å². The van der Waals surface area contributed by atoms with Gasteiger partial charge in [-0.25, -0.2) is 10.2 Å². The lowest BCUT2D eigenvalue weighted by Gasteiger charge is -1.98. The third-order valence-electron chi connectivity index (χ3n) is 2.26. The van der Waals surface area contributed by atoms with Crippen LogP contribution in [0.2, 0.25) is 0 Å². The molecule has 1 heterocycles. The second-order valence-electron chi connectivity index (χ2n) is 3.68. The zero-order valence-electron chi connectivity index (χ0n) is 9.84. The van der Waals surface area contributed by atoms with E-state index in [0.29, 0.717) is 5.71 Å². The first-order valence-electron chi connectivity index (χ1n) is 5.32. The van der Waals surface area contributed by atoms with E-state index in [2.05, 4.69) is 10.5 Å². The van der Waals surface area contributed by atoms with Gasteiger partial charge in [-0.2, -0.15) is 5.10 Å². The van der Waals surface area contributed by atoms with Gasteiger partial charge in [-0.05, 0) is 30.7 Å². The molecule has 0 atom stereocenters. The average Bonchev–Trinajstić information content (AvgIpc) is 2.81. The predicted octanol–water partition coefficient (Wildman–Crippen LogP) is 1.47. The first-order chi connectivity index (χ1) is 8.65. The fourth-order valence-electron chi connectivity index (χ4n) is 1.41. The molecular formula is C12H13N3O3. The van der Waals surface area contributed by atoms with Crippen LogP contribution in [-0.2, 0) is 0 Å². The minimum atomic E-state index is -0.689. The number of rotatable bonds is 3. The van der Waals surface area contributed by atoms with Crippen molar-refractivity contribution in [2.45, 2.75) is 6.92 Å². The van der Waals surface area contributed by atoms with Crippen LogP contribution in [-0.4, -0.2) is 18.5 Å². The Hall–Kier alpha value is -2.50. The number of hydrazone groups is 1. The van der Waals surface area contributed by atoms with E-state index >= 15 is 0 Å². The number of benzene rings is 1. The van der Waals surface area contributed by atoms with Crippen molar-refractivity contribution in [3.63, 3.8) is 0 Å². The van der Waals surface area contributed by atoms with Crippen LogP contribution in [0, 0.1) is 0 Å². The van der Waals surface area contributed by atoms with Crippen LogP contribution >= 0.6 is 0 Å². The molecule has 0 fully saturated rings. The van der Waals surface area contributed by atoms with Gasteiger partial charge in [-0.15, -0.1) is 0 Å². The maximum absolute atomic E-state index is 10.5.